The fourth-order valence-electron chi connectivity index (χ4n) is 10.8. The van der Waals surface area contributed by atoms with Crippen LogP contribution in [-0.4, -0.2) is 78.0 Å². The highest BCUT2D eigenvalue weighted by atomic mass is 16.6. The number of anilines is 1. The number of rotatable bonds is 9. The standard InChI is InChI=1S/C55H50N4O7/c1-57(33-36-14-7-4-8-15-36)28-13-16-35-21-26-44-43(30-35)55(54(63)56-44)47(52(61)58-29-27-40-31-45(64-2)46(65-3)32-41(40)34-58)49-53(62)66-50(38-19-11-6-12-20-38)48(37-17-9-5-10-18-37)59(49)51(55)39-22-24-42(60)25-23-39/h4-12,14-15,17-26,30-32,47-51,60H,27-29,33-34H2,1-3H3,(H,56,63). The molecule has 0 bridgehead atoms. The Balaban J connectivity index is 1.17. The number of methoxy groups -OCH3 is 2. The third kappa shape index (κ3) is 7.32. The summed E-state index contributed by atoms with van der Waals surface area (Å²) in [7, 11) is 5.19. The van der Waals surface area contributed by atoms with Gasteiger partial charge in [0.05, 0.1) is 38.8 Å². The lowest BCUT2D eigenvalue weighted by atomic mass is 9.65. The number of ether oxygens (including phenoxy) is 3. The minimum Gasteiger partial charge on any atom is -0.508 e. The van der Waals surface area contributed by atoms with E-state index in [0.717, 1.165) is 28.8 Å². The van der Waals surface area contributed by atoms with Gasteiger partial charge < -0.3 is 29.5 Å². The molecule has 10 rings (SSSR count). The van der Waals surface area contributed by atoms with E-state index in [-0.39, 0.29) is 18.2 Å². The van der Waals surface area contributed by atoms with E-state index in [9.17, 15) is 5.11 Å². The maximum atomic E-state index is 16.1. The highest BCUT2D eigenvalue weighted by Gasteiger charge is 2.74. The van der Waals surface area contributed by atoms with Crippen molar-refractivity contribution >= 4 is 23.5 Å². The Morgan fingerprint density at radius 3 is 2.14 bits per heavy atom. The summed E-state index contributed by atoms with van der Waals surface area (Å²) in [6.07, 6.45) is -0.285. The van der Waals surface area contributed by atoms with E-state index in [1.54, 1.807) is 43.4 Å². The summed E-state index contributed by atoms with van der Waals surface area (Å²) in [5.74, 6) is 5.26. The zero-order valence-electron chi connectivity index (χ0n) is 37.0. The molecule has 1 spiro atoms. The Hall–Kier alpha value is -7.39. The molecule has 11 nitrogen and oxygen atoms in total. The van der Waals surface area contributed by atoms with Gasteiger partial charge in [0.25, 0.3) is 0 Å². The zero-order valence-corrected chi connectivity index (χ0v) is 37.0. The van der Waals surface area contributed by atoms with E-state index >= 15 is 14.4 Å². The van der Waals surface area contributed by atoms with Gasteiger partial charge in [-0.05, 0) is 94.9 Å². The molecule has 0 aliphatic carbocycles. The predicted octanol–water partition coefficient (Wildman–Crippen LogP) is 7.75. The fraction of sp³-hybridized carbons (Fsp3) is 0.255. The van der Waals surface area contributed by atoms with Crippen molar-refractivity contribution in [2.45, 2.75) is 49.2 Å². The van der Waals surface area contributed by atoms with Crippen LogP contribution in [0.1, 0.15) is 62.7 Å². The van der Waals surface area contributed by atoms with E-state index in [1.165, 1.54) is 5.56 Å². The van der Waals surface area contributed by atoms with Crippen molar-refractivity contribution in [1.29, 1.82) is 0 Å². The van der Waals surface area contributed by atoms with Crippen LogP contribution >= 0.6 is 0 Å². The molecule has 4 heterocycles. The summed E-state index contributed by atoms with van der Waals surface area (Å²) < 4.78 is 17.9. The van der Waals surface area contributed by atoms with Gasteiger partial charge in [-0.2, -0.15) is 0 Å². The molecule has 66 heavy (non-hydrogen) atoms. The highest BCUT2D eigenvalue weighted by Crippen LogP contribution is 2.65. The largest absolute Gasteiger partial charge is 0.508 e. The van der Waals surface area contributed by atoms with Gasteiger partial charge in [-0.1, -0.05) is 115 Å². The summed E-state index contributed by atoms with van der Waals surface area (Å²) >= 11 is 0. The number of morpholine rings is 1. The maximum absolute atomic E-state index is 16.1. The normalized spacial score (nSPS) is 23.0. The molecular weight excluding hydrogens is 829 g/mol. The van der Waals surface area contributed by atoms with Crippen molar-refractivity contribution in [3.63, 3.8) is 0 Å². The van der Waals surface area contributed by atoms with Gasteiger partial charge in [-0.15, -0.1) is 0 Å². The van der Waals surface area contributed by atoms with Crippen molar-refractivity contribution in [3.05, 3.63) is 190 Å². The molecule has 11 heteroatoms. The molecule has 2 N–H and O–H groups in total. The maximum Gasteiger partial charge on any atom is 0.324 e. The molecule has 0 radical (unpaired) electrons. The SMILES string of the molecule is COc1cc2c(cc1OC)CN(C(=O)C1C3C(=O)OC(c4ccccc4)C(c4ccccc4)N3C(c3ccc(O)cc3)C13C(=O)Nc1ccc(C#CCN(C)Cc4ccccc4)cc13)CC2. The summed E-state index contributed by atoms with van der Waals surface area (Å²) in [4.78, 5) is 53.1. The average Bonchev–Trinajstić information content (AvgIpc) is 3.82. The highest BCUT2D eigenvalue weighted by molar-refractivity contribution is 6.12. The molecule has 2 fully saturated rings. The second-order valence-corrected chi connectivity index (χ2v) is 17.5. The molecule has 332 valence electrons. The van der Waals surface area contributed by atoms with Crippen molar-refractivity contribution in [2.75, 3.05) is 39.7 Å². The van der Waals surface area contributed by atoms with Crippen LogP contribution in [0.25, 0.3) is 0 Å². The van der Waals surface area contributed by atoms with Crippen molar-refractivity contribution in [3.8, 4) is 29.1 Å². The zero-order chi connectivity index (χ0) is 45.5. The molecule has 2 amide bonds. The number of amides is 2. The van der Waals surface area contributed by atoms with Crippen LogP contribution in [0.5, 0.6) is 17.2 Å². The van der Waals surface area contributed by atoms with Crippen molar-refractivity contribution in [1.82, 2.24) is 14.7 Å². The van der Waals surface area contributed by atoms with Gasteiger partial charge in [0, 0.05) is 30.9 Å². The Bertz CT molecular complexity index is 2860. The van der Waals surface area contributed by atoms with Gasteiger partial charge in [-0.3, -0.25) is 24.2 Å². The number of carbonyl (C=O) groups excluding carboxylic acids is 3. The van der Waals surface area contributed by atoms with Crippen LogP contribution in [-0.2, 0) is 44.0 Å². The van der Waals surface area contributed by atoms with E-state index in [4.69, 9.17) is 14.2 Å². The molecule has 4 aliphatic heterocycles. The number of hydrogen-bond acceptors (Lipinski definition) is 9. The minimum atomic E-state index is -1.69. The number of benzene rings is 6. The van der Waals surface area contributed by atoms with Crippen molar-refractivity contribution < 1.29 is 33.7 Å². The average molecular weight is 879 g/mol. The second kappa shape index (κ2) is 17.5. The number of phenols is 1. The lowest BCUT2D eigenvalue weighted by molar-refractivity contribution is -0.179. The van der Waals surface area contributed by atoms with Gasteiger partial charge >= 0.3 is 5.97 Å². The Morgan fingerprint density at radius 1 is 0.803 bits per heavy atom. The van der Waals surface area contributed by atoms with Gasteiger partial charge in [0.2, 0.25) is 11.8 Å². The van der Waals surface area contributed by atoms with E-state index in [2.05, 4.69) is 39.1 Å². The number of hydrogen-bond donors (Lipinski definition) is 2. The predicted molar refractivity (Wildman–Crippen MR) is 249 cm³/mol. The number of carbonyl (C=O) groups is 3. The van der Waals surface area contributed by atoms with E-state index in [1.807, 2.05) is 116 Å². The first-order valence-electron chi connectivity index (χ1n) is 22.3. The van der Waals surface area contributed by atoms with Crippen LogP contribution in [0, 0.1) is 17.8 Å². The van der Waals surface area contributed by atoms with Gasteiger partial charge in [0.1, 0.15) is 23.3 Å². The van der Waals surface area contributed by atoms with E-state index < -0.39 is 47.4 Å². The van der Waals surface area contributed by atoms with Crippen molar-refractivity contribution in [2.24, 2.45) is 5.92 Å². The topological polar surface area (TPSA) is 121 Å². The third-order valence-electron chi connectivity index (χ3n) is 13.7. The first kappa shape index (κ1) is 42.6. The molecule has 0 aromatic heterocycles. The quantitative estimate of drug-likeness (QED) is 0.111. The van der Waals surface area contributed by atoms with E-state index in [0.29, 0.717) is 53.4 Å². The molecule has 4 aliphatic rings. The first-order chi connectivity index (χ1) is 32.2. The number of fused-ring (bicyclic) bond motifs is 4. The van der Waals surface area contributed by atoms with Crippen LogP contribution < -0.4 is 14.8 Å². The van der Waals surface area contributed by atoms with Crippen LogP contribution in [0.2, 0.25) is 0 Å². The molecular formula is C55H50N4O7. The summed E-state index contributed by atoms with van der Waals surface area (Å²) in [6.45, 7) is 1.77. The number of esters is 1. The summed E-state index contributed by atoms with van der Waals surface area (Å²) in [5, 5.41) is 13.9. The lowest BCUT2D eigenvalue weighted by Crippen LogP contribution is -2.56. The molecule has 6 aromatic carbocycles. The summed E-state index contributed by atoms with van der Waals surface area (Å²) in [6, 6.07) is 43.1. The third-order valence-corrected chi connectivity index (χ3v) is 13.7. The van der Waals surface area contributed by atoms with Crippen LogP contribution in [0.3, 0.4) is 0 Å². The number of cyclic esters (lactones) is 1. The first-order valence-corrected chi connectivity index (χ1v) is 22.3. The molecule has 0 saturated carbocycles. The van der Waals surface area contributed by atoms with Gasteiger partial charge in [-0.25, -0.2) is 0 Å². The minimum absolute atomic E-state index is 0.0416. The van der Waals surface area contributed by atoms with Crippen LogP contribution in [0.15, 0.2) is 146 Å². The number of aromatic hydroxyl groups is 1. The number of nitrogens with one attached hydrogen (secondary N) is 1. The second-order valence-electron chi connectivity index (χ2n) is 17.5. The van der Waals surface area contributed by atoms with Crippen LogP contribution in [0.4, 0.5) is 5.69 Å². The molecule has 6 unspecified atom stereocenters. The Morgan fingerprint density at radius 2 is 1.45 bits per heavy atom. The smallest absolute Gasteiger partial charge is 0.324 e. The number of phenolic OH excluding ortho intramolecular Hbond substituents is 1. The lowest BCUT2D eigenvalue weighted by Gasteiger charge is -2.46. The molecule has 6 aromatic rings. The Labute approximate surface area is 384 Å². The summed E-state index contributed by atoms with van der Waals surface area (Å²) in [5.41, 5.74) is 5.44. The monoisotopic (exact) mass is 878 g/mol. The number of nitrogens with zero attached hydrogens (tertiary/aromatic N) is 3. The Kier molecular flexibility index (Phi) is 11.3. The fourth-order valence-corrected chi connectivity index (χ4v) is 10.8. The molecule has 6 atom stereocenters. The molecule has 2 saturated heterocycles. The van der Waals surface area contributed by atoms with Gasteiger partial charge in [0.15, 0.2) is 11.5 Å².